The molecule has 0 spiro atoms. The fourth-order valence-electron chi connectivity index (χ4n) is 5.54. The van der Waals surface area contributed by atoms with Crippen LogP contribution in [-0.4, -0.2) is 61.4 Å². The summed E-state index contributed by atoms with van der Waals surface area (Å²) < 4.78 is 33.9. The molecule has 1 N–H and O–H groups in total. The normalized spacial score (nSPS) is 17.2. The number of aromatic nitrogens is 1. The zero-order valence-corrected chi connectivity index (χ0v) is 24.1. The van der Waals surface area contributed by atoms with Crippen molar-refractivity contribution in [3.8, 4) is 0 Å². The van der Waals surface area contributed by atoms with Crippen molar-refractivity contribution < 1.29 is 17.7 Å². The molecular weight excluding hydrogens is 524 g/mol. The highest BCUT2D eigenvalue weighted by atomic mass is 32.2. The molecule has 1 amide bonds. The Labute approximate surface area is 237 Å². The van der Waals surface area contributed by atoms with Gasteiger partial charge >= 0.3 is 0 Å². The summed E-state index contributed by atoms with van der Waals surface area (Å²) in [6.45, 7) is 7.83. The maximum absolute atomic E-state index is 13.5. The van der Waals surface area contributed by atoms with Crippen molar-refractivity contribution in [1.29, 1.82) is 0 Å². The third-order valence-corrected chi connectivity index (χ3v) is 9.98. The molecule has 0 radical (unpaired) electrons. The Hall–Kier alpha value is -3.27. The van der Waals surface area contributed by atoms with E-state index < -0.39 is 10.0 Å². The van der Waals surface area contributed by atoms with Gasteiger partial charge in [0, 0.05) is 45.2 Å². The van der Waals surface area contributed by atoms with Crippen molar-refractivity contribution in [2.75, 3.05) is 32.7 Å². The van der Waals surface area contributed by atoms with Gasteiger partial charge in [-0.1, -0.05) is 65.3 Å². The summed E-state index contributed by atoms with van der Waals surface area (Å²) in [6, 6.07) is 16.5. The minimum atomic E-state index is -3.81. The maximum Gasteiger partial charge on any atom is 0.248 e. The van der Waals surface area contributed by atoms with Crippen LogP contribution in [0.3, 0.4) is 0 Å². The van der Waals surface area contributed by atoms with E-state index in [4.69, 9.17) is 4.52 Å². The van der Waals surface area contributed by atoms with Gasteiger partial charge in [0.05, 0.1) is 0 Å². The van der Waals surface area contributed by atoms with Gasteiger partial charge in [-0.15, -0.1) is 0 Å². The van der Waals surface area contributed by atoms with E-state index in [0.717, 1.165) is 43.6 Å². The molecule has 2 aliphatic heterocycles. The van der Waals surface area contributed by atoms with Crippen LogP contribution in [0.4, 0.5) is 0 Å². The number of carbonyl (C=O) groups excluding carboxylic acids is 1. The SMILES string of the molecule is Cc1ccc(C=Cc2onc(C)c2S(=O)(=O)N2CCC(C(=O)NCCCN3CCc4ccccc4C3)CC2)cc1. The summed E-state index contributed by atoms with van der Waals surface area (Å²) in [6.07, 6.45) is 6.43. The number of carbonyl (C=O) groups is 1. The molecular formula is C31H38N4O4S. The molecule has 0 atom stereocenters. The van der Waals surface area contributed by atoms with Gasteiger partial charge in [-0.3, -0.25) is 9.69 Å². The molecule has 1 saturated heterocycles. The predicted molar refractivity (Wildman–Crippen MR) is 156 cm³/mol. The number of nitrogens with one attached hydrogen (secondary N) is 1. The Morgan fingerprint density at radius 3 is 2.50 bits per heavy atom. The van der Waals surface area contributed by atoms with Crippen LogP contribution in [-0.2, 0) is 27.8 Å². The highest BCUT2D eigenvalue weighted by Gasteiger charge is 2.35. The minimum Gasteiger partial charge on any atom is -0.356 e. The number of benzene rings is 2. The average Bonchev–Trinajstić information content (AvgIpc) is 3.35. The zero-order valence-electron chi connectivity index (χ0n) is 23.3. The molecule has 5 rings (SSSR count). The molecule has 8 nitrogen and oxygen atoms in total. The van der Waals surface area contributed by atoms with E-state index >= 15 is 0 Å². The van der Waals surface area contributed by atoms with Gasteiger partial charge in [0.1, 0.15) is 5.69 Å². The van der Waals surface area contributed by atoms with Crippen molar-refractivity contribution in [2.45, 2.75) is 51.0 Å². The average molecular weight is 563 g/mol. The summed E-state index contributed by atoms with van der Waals surface area (Å²) in [4.78, 5) is 15.4. The fraction of sp³-hybridized carbons (Fsp3) is 0.419. The minimum absolute atomic E-state index is 0.0175. The monoisotopic (exact) mass is 562 g/mol. The van der Waals surface area contributed by atoms with Gasteiger partial charge in [0.25, 0.3) is 0 Å². The Morgan fingerprint density at radius 2 is 1.75 bits per heavy atom. The molecule has 0 saturated carbocycles. The Balaban J connectivity index is 1.10. The number of piperidine rings is 1. The van der Waals surface area contributed by atoms with Crippen LogP contribution in [0.5, 0.6) is 0 Å². The first-order chi connectivity index (χ1) is 19.3. The molecule has 1 fully saturated rings. The van der Waals surface area contributed by atoms with Crippen molar-refractivity contribution in [3.05, 3.63) is 82.2 Å². The third kappa shape index (κ3) is 6.54. The second kappa shape index (κ2) is 12.5. The first-order valence-electron chi connectivity index (χ1n) is 14.1. The molecule has 0 unspecified atom stereocenters. The van der Waals surface area contributed by atoms with E-state index in [1.165, 1.54) is 15.4 Å². The van der Waals surface area contributed by atoms with Gasteiger partial charge in [0.15, 0.2) is 10.7 Å². The summed E-state index contributed by atoms with van der Waals surface area (Å²) in [5.41, 5.74) is 5.26. The number of amides is 1. The van der Waals surface area contributed by atoms with Crippen LogP contribution in [0.2, 0.25) is 0 Å². The van der Waals surface area contributed by atoms with Crippen LogP contribution in [0.1, 0.15) is 53.0 Å². The van der Waals surface area contributed by atoms with E-state index in [9.17, 15) is 13.2 Å². The number of hydrogen-bond donors (Lipinski definition) is 1. The van der Waals surface area contributed by atoms with Crippen LogP contribution >= 0.6 is 0 Å². The molecule has 2 aromatic carbocycles. The smallest absolute Gasteiger partial charge is 0.248 e. The summed E-state index contributed by atoms with van der Waals surface area (Å²) in [7, 11) is -3.81. The van der Waals surface area contributed by atoms with E-state index in [-0.39, 0.29) is 22.5 Å². The number of rotatable bonds is 9. The summed E-state index contributed by atoms with van der Waals surface area (Å²) >= 11 is 0. The Kier molecular flexibility index (Phi) is 8.83. The Bertz CT molecular complexity index is 1450. The van der Waals surface area contributed by atoms with E-state index in [1.807, 2.05) is 37.3 Å². The van der Waals surface area contributed by atoms with E-state index in [0.29, 0.717) is 38.2 Å². The molecule has 1 aromatic heterocycles. The maximum atomic E-state index is 13.5. The molecule has 0 aliphatic carbocycles. The van der Waals surface area contributed by atoms with Crippen molar-refractivity contribution in [3.63, 3.8) is 0 Å². The number of hydrogen-bond acceptors (Lipinski definition) is 6. The fourth-order valence-corrected chi connectivity index (χ4v) is 7.26. The van der Waals surface area contributed by atoms with Gasteiger partial charge in [-0.25, -0.2) is 8.42 Å². The van der Waals surface area contributed by atoms with Gasteiger partial charge in [0.2, 0.25) is 15.9 Å². The van der Waals surface area contributed by atoms with Crippen LogP contribution in [0.15, 0.2) is 57.9 Å². The molecule has 40 heavy (non-hydrogen) atoms. The first kappa shape index (κ1) is 28.3. The zero-order chi connectivity index (χ0) is 28.1. The lowest BCUT2D eigenvalue weighted by atomic mass is 9.97. The predicted octanol–water partition coefficient (Wildman–Crippen LogP) is 4.43. The standard InChI is InChI=1S/C31H38N4O4S/c1-23-8-10-25(11-9-23)12-13-29-30(24(2)33-39-29)40(37,38)35-20-15-27(16-21-35)31(36)32-17-5-18-34-19-14-26-6-3-4-7-28(26)22-34/h3-4,6-13,27H,5,14-22H2,1-2H3,(H,32,36). The second-order valence-electron chi connectivity index (χ2n) is 10.8. The molecule has 9 heteroatoms. The number of sulfonamides is 1. The lowest BCUT2D eigenvalue weighted by Crippen LogP contribution is -2.43. The van der Waals surface area contributed by atoms with Crippen LogP contribution < -0.4 is 5.32 Å². The molecule has 2 aliphatic rings. The van der Waals surface area contributed by atoms with Gasteiger partial charge < -0.3 is 9.84 Å². The van der Waals surface area contributed by atoms with Gasteiger partial charge in [-0.2, -0.15) is 4.31 Å². The van der Waals surface area contributed by atoms with E-state index in [2.05, 4.69) is 39.6 Å². The van der Waals surface area contributed by atoms with Crippen molar-refractivity contribution in [1.82, 2.24) is 19.7 Å². The topological polar surface area (TPSA) is 95.8 Å². The number of aryl methyl sites for hydroxylation is 2. The molecule has 0 bridgehead atoms. The summed E-state index contributed by atoms with van der Waals surface area (Å²) in [5.74, 6) is 0.0526. The summed E-state index contributed by atoms with van der Waals surface area (Å²) in [5, 5.41) is 7.01. The van der Waals surface area contributed by atoms with Crippen molar-refractivity contribution in [2.24, 2.45) is 5.92 Å². The largest absolute Gasteiger partial charge is 0.356 e. The second-order valence-corrected chi connectivity index (χ2v) is 12.7. The van der Waals surface area contributed by atoms with E-state index in [1.54, 1.807) is 13.0 Å². The molecule has 212 valence electrons. The highest BCUT2D eigenvalue weighted by Crippen LogP contribution is 2.29. The number of nitrogens with zero attached hydrogens (tertiary/aromatic N) is 3. The quantitative estimate of drug-likeness (QED) is 0.388. The first-order valence-corrected chi connectivity index (χ1v) is 15.5. The van der Waals surface area contributed by atoms with Crippen LogP contribution in [0.25, 0.3) is 12.2 Å². The molecule has 3 aromatic rings. The Morgan fingerprint density at radius 1 is 1.02 bits per heavy atom. The lowest BCUT2D eigenvalue weighted by molar-refractivity contribution is -0.126. The number of fused-ring (bicyclic) bond motifs is 1. The third-order valence-electron chi connectivity index (χ3n) is 7.92. The van der Waals surface area contributed by atoms with Crippen molar-refractivity contribution >= 4 is 28.1 Å². The lowest BCUT2D eigenvalue weighted by Gasteiger charge is -2.30. The van der Waals surface area contributed by atoms with Gasteiger partial charge in [-0.05, 0) is 62.3 Å². The highest BCUT2D eigenvalue weighted by molar-refractivity contribution is 7.89. The van der Waals surface area contributed by atoms with Crippen LogP contribution in [0, 0.1) is 19.8 Å². The molecule has 3 heterocycles.